The van der Waals surface area contributed by atoms with E-state index in [4.69, 9.17) is 15.7 Å². The lowest BCUT2D eigenvalue weighted by atomic mass is 10.0. The van der Waals surface area contributed by atoms with E-state index in [9.17, 15) is 0 Å². The van der Waals surface area contributed by atoms with Crippen molar-refractivity contribution in [3.63, 3.8) is 0 Å². The molecule has 1 aromatic carbocycles. The molecule has 8 rings (SSSR count). The summed E-state index contributed by atoms with van der Waals surface area (Å²) in [5.41, 5.74) is 13.2. The lowest BCUT2D eigenvalue weighted by Gasteiger charge is -2.24. The number of aryl methyl sites for hydroxylation is 1. The van der Waals surface area contributed by atoms with Gasteiger partial charge in [-0.2, -0.15) is 5.10 Å². The summed E-state index contributed by atoms with van der Waals surface area (Å²) in [5, 5.41) is 16.6. The lowest BCUT2D eigenvalue weighted by molar-refractivity contribution is 0.439. The second-order valence-corrected chi connectivity index (χ2v) is 10.1. The summed E-state index contributed by atoms with van der Waals surface area (Å²) >= 11 is 0. The smallest absolute Gasteiger partial charge is 0.167 e. The molecule has 0 saturated carbocycles. The van der Waals surface area contributed by atoms with Crippen molar-refractivity contribution in [2.75, 3.05) is 18.8 Å². The Labute approximate surface area is 223 Å². The number of imidazole rings is 1. The van der Waals surface area contributed by atoms with E-state index in [2.05, 4.69) is 54.7 Å². The quantitative estimate of drug-likeness (QED) is 0.358. The van der Waals surface area contributed by atoms with Crippen LogP contribution >= 0.6 is 0 Å². The molecule has 3 N–H and O–H groups in total. The highest BCUT2D eigenvalue weighted by Crippen LogP contribution is 2.37. The third-order valence-electron chi connectivity index (χ3n) is 7.79. The summed E-state index contributed by atoms with van der Waals surface area (Å²) in [6.07, 6.45) is 9.36. The molecule has 1 saturated heterocycles. The summed E-state index contributed by atoms with van der Waals surface area (Å²) in [6, 6.07) is 16.3. The first-order valence-electron chi connectivity index (χ1n) is 13.1. The maximum absolute atomic E-state index is 6.32. The van der Waals surface area contributed by atoms with Gasteiger partial charge < -0.3 is 11.1 Å². The number of rotatable bonds is 5. The Bertz CT molecular complexity index is 1830. The fourth-order valence-electron chi connectivity index (χ4n) is 5.63. The van der Waals surface area contributed by atoms with E-state index in [-0.39, 0.29) is 6.04 Å². The molecule has 39 heavy (non-hydrogen) atoms. The summed E-state index contributed by atoms with van der Waals surface area (Å²) in [5.74, 6) is 2.30. The molecule has 6 heterocycles. The van der Waals surface area contributed by atoms with Crippen LogP contribution in [0.15, 0.2) is 73.3 Å². The van der Waals surface area contributed by atoms with Crippen molar-refractivity contribution < 1.29 is 0 Å². The van der Waals surface area contributed by atoms with E-state index >= 15 is 0 Å². The highest BCUT2D eigenvalue weighted by Gasteiger charge is 2.29. The van der Waals surface area contributed by atoms with Crippen LogP contribution in [0.1, 0.15) is 35.2 Å². The van der Waals surface area contributed by atoms with Gasteiger partial charge in [-0.1, -0.05) is 11.3 Å². The number of nitrogens with zero attached hydrogens (tertiary/aromatic N) is 9. The van der Waals surface area contributed by atoms with Crippen molar-refractivity contribution in [1.82, 2.24) is 49.6 Å². The Hall–Kier alpha value is -4.90. The molecule has 1 aliphatic carbocycles. The maximum atomic E-state index is 6.32. The molecule has 1 aliphatic heterocycles. The molecule has 6 aromatic rings. The van der Waals surface area contributed by atoms with Crippen molar-refractivity contribution >= 4 is 17.0 Å². The summed E-state index contributed by atoms with van der Waals surface area (Å²) in [4.78, 5) is 14.2. The fourth-order valence-corrected chi connectivity index (χ4v) is 5.63. The minimum atomic E-state index is 0.181. The third kappa shape index (κ3) is 3.54. The van der Waals surface area contributed by atoms with E-state index in [0.29, 0.717) is 23.4 Å². The van der Waals surface area contributed by atoms with Crippen LogP contribution in [0.2, 0.25) is 0 Å². The first-order chi connectivity index (χ1) is 19.2. The highest BCUT2D eigenvalue weighted by atomic mass is 15.4. The summed E-state index contributed by atoms with van der Waals surface area (Å²) in [6.45, 7) is 1.95. The van der Waals surface area contributed by atoms with Gasteiger partial charge in [-0.05, 0) is 66.4 Å². The van der Waals surface area contributed by atoms with E-state index in [1.807, 2.05) is 41.2 Å². The van der Waals surface area contributed by atoms with Crippen LogP contribution in [0.5, 0.6) is 0 Å². The molecule has 11 heteroatoms. The average molecular weight is 516 g/mol. The van der Waals surface area contributed by atoms with Crippen LogP contribution in [0.4, 0.5) is 5.82 Å². The van der Waals surface area contributed by atoms with Gasteiger partial charge in [0, 0.05) is 49.5 Å². The number of hydrogen-bond donors (Lipinski definition) is 2. The van der Waals surface area contributed by atoms with E-state index in [1.54, 1.807) is 17.1 Å². The number of nitrogens with two attached hydrogens (primary N) is 1. The second-order valence-electron chi connectivity index (χ2n) is 10.1. The summed E-state index contributed by atoms with van der Waals surface area (Å²) < 4.78 is 5.85. The molecule has 1 fully saturated rings. The zero-order chi connectivity index (χ0) is 25.9. The van der Waals surface area contributed by atoms with Crippen molar-refractivity contribution in [2.45, 2.75) is 24.8 Å². The van der Waals surface area contributed by atoms with E-state index < -0.39 is 0 Å². The topological polar surface area (TPSA) is 130 Å². The van der Waals surface area contributed by atoms with Gasteiger partial charge in [0.2, 0.25) is 0 Å². The Kier molecular flexibility index (Phi) is 4.86. The Balaban J connectivity index is 1.25. The van der Waals surface area contributed by atoms with E-state index in [0.717, 1.165) is 54.0 Å². The Morgan fingerprint density at radius 3 is 2.77 bits per heavy atom. The molecule has 1 unspecified atom stereocenters. The van der Waals surface area contributed by atoms with Crippen molar-refractivity contribution in [2.24, 2.45) is 0 Å². The van der Waals surface area contributed by atoms with Crippen LogP contribution in [-0.2, 0) is 6.42 Å². The highest BCUT2D eigenvalue weighted by molar-refractivity contribution is 5.83. The van der Waals surface area contributed by atoms with Gasteiger partial charge in [-0.15, -0.1) is 5.10 Å². The molecule has 0 spiro atoms. The Morgan fingerprint density at radius 1 is 1.00 bits per heavy atom. The normalized spacial score (nSPS) is 17.0. The molecular formula is C28H25N11. The zero-order valence-electron chi connectivity index (χ0n) is 21.0. The first-order valence-corrected chi connectivity index (χ1v) is 13.1. The maximum Gasteiger partial charge on any atom is 0.167 e. The zero-order valence-corrected chi connectivity index (χ0v) is 21.0. The van der Waals surface area contributed by atoms with Gasteiger partial charge in [0.05, 0.1) is 17.3 Å². The molecule has 0 radical (unpaired) electrons. The molecule has 5 aromatic heterocycles. The van der Waals surface area contributed by atoms with Crippen LogP contribution < -0.4 is 11.1 Å². The number of benzene rings is 1. The number of pyridine rings is 2. The predicted molar refractivity (Wildman–Crippen MR) is 146 cm³/mol. The number of nitrogen functional groups attached to an aromatic ring is 1. The van der Waals surface area contributed by atoms with Gasteiger partial charge in [0.25, 0.3) is 0 Å². The average Bonchev–Trinajstić information content (AvgIpc) is 3.73. The molecular weight excluding hydrogens is 490 g/mol. The van der Waals surface area contributed by atoms with Gasteiger partial charge in [0.15, 0.2) is 17.3 Å². The molecule has 192 valence electrons. The van der Waals surface area contributed by atoms with Crippen molar-refractivity contribution in [1.29, 1.82) is 0 Å². The minimum absolute atomic E-state index is 0.181. The number of aromatic nitrogens is 9. The predicted octanol–water partition coefficient (Wildman–Crippen LogP) is 3.06. The van der Waals surface area contributed by atoms with Crippen LogP contribution in [0.25, 0.3) is 34.1 Å². The fraction of sp³-hybridized carbons (Fsp3) is 0.214. The number of anilines is 1. The minimum Gasteiger partial charge on any atom is -0.383 e. The molecule has 0 amide bonds. The number of hydrogen-bond acceptors (Lipinski definition) is 8. The summed E-state index contributed by atoms with van der Waals surface area (Å²) in [7, 11) is 0. The molecule has 1 atom stereocenters. The molecule has 11 nitrogen and oxygen atoms in total. The first kappa shape index (κ1) is 22.1. The largest absolute Gasteiger partial charge is 0.383 e. The van der Waals surface area contributed by atoms with Gasteiger partial charge >= 0.3 is 0 Å². The van der Waals surface area contributed by atoms with Crippen LogP contribution in [-0.4, -0.2) is 57.4 Å². The van der Waals surface area contributed by atoms with Gasteiger partial charge in [-0.3, -0.25) is 4.57 Å². The SMILES string of the molecule is Nc1ncccc1-c1nc2ccc(-n3cccn3)nc2n1-c1ccc2c(c1)CCC2n1cc(C2CNC2)nn1. The number of nitrogens with one attached hydrogen (secondary N) is 1. The Morgan fingerprint density at radius 2 is 1.95 bits per heavy atom. The molecule has 2 aliphatic rings. The second kappa shape index (κ2) is 8.57. The van der Waals surface area contributed by atoms with Crippen LogP contribution in [0, 0.1) is 0 Å². The molecule has 0 bridgehead atoms. The monoisotopic (exact) mass is 515 g/mol. The van der Waals surface area contributed by atoms with Crippen molar-refractivity contribution in [3.8, 4) is 22.9 Å². The van der Waals surface area contributed by atoms with Crippen molar-refractivity contribution in [3.05, 3.63) is 90.1 Å². The van der Waals surface area contributed by atoms with Gasteiger partial charge in [-0.25, -0.2) is 24.3 Å². The third-order valence-corrected chi connectivity index (χ3v) is 7.79. The van der Waals surface area contributed by atoms with E-state index in [1.165, 1.54) is 11.1 Å². The lowest BCUT2D eigenvalue weighted by Crippen LogP contribution is -2.40. The van der Waals surface area contributed by atoms with Crippen LogP contribution in [0.3, 0.4) is 0 Å². The number of fused-ring (bicyclic) bond motifs is 2. The van der Waals surface area contributed by atoms with Gasteiger partial charge in [0.1, 0.15) is 11.3 Å². The standard InChI is InChI=1S/C28H25N11/c29-26-21(3-1-10-31-26)27-33-22-7-9-25(37-12-2-11-32-37)34-28(22)39(27)19-5-6-20-17(13-19)4-8-24(20)38-16-23(35-36-38)18-14-30-15-18/h1-3,5-7,9-13,16,18,24,30H,4,8,14-15H2,(H2,29,31).